The first-order valence-electron chi connectivity index (χ1n) is 12.3. The lowest BCUT2D eigenvalue weighted by Gasteiger charge is -2.30. The number of anilines is 1. The van der Waals surface area contributed by atoms with E-state index in [4.69, 9.17) is 4.74 Å². The number of nitrogens with one attached hydrogen (secondary N) is 2. The van der Waals surface area contributed by atoms with Crippen molar-refractivity contribution in [2.75, 3.05) is 11.3 Å². The highest BCUT2D eigenvalue weighted by molar-refractivity contribution is 7.92. The van der Waals surface area contributed by atoms with Crippen LogP contribution in [0.5, 0.6) is 5.88 Å². The molecule has 0 saturated heterocycles. The zero-order chi connectivity index (χ0) is 25.3. The van der Waals surface area contributed by atoms with E-state index in [-0.39, 0.29) is 46.8 Å². The van der Waals surface area contributed by atoms with E-state index in [0.717, 1.165) is 42.4 Å². The third-order valence-electron chi connectivity index (χ3n) is 7.02. The molecule has 2 heterocycles. The smallest absolute Gasteiger partial charge is 0.264 e. The van der Waals surface area contributed by atoms with Crippen molar-refractivity contribution in [3.8, 4) is 17.1 Å². The predicted octanol–water partition coefficient (Wildman–Crippen LogP) is 4.63. The topological polar surface area (TPSA) is 110 Å². The molecule has 3 aromatic rings. The number of hydrogen-bond acceptors (Lipinski definition) is 6. The van der Waals surface area contributed by atoms with E-state index in [1.807, 2.05) is 32.0 Å². The van der Waals surface area contributed by atoms with Crippen molar-refractivity contribution < 1.29 is 17.9 Å². The highest BCUT2D eigenvalue weighted by Crippen LogP contribution is 2.31. The largest absolute Gasteiger partial charge is 0.475 e. The van der Waals surface area contributed by atoms with E-state index < -0.39 is 10.0 Å². The number of carbonyl (C=O) groups is 1. The lowest BCUT2D eigenvalue weighted by atomic mass is 9.84. The molecule has 1 aromatic heterocycles. The average molecular weight is 507 g/mol. The lowest BCUT2D eigenvalue weighted by molar-refractivity contribution is 0.0879. The Kier molecular flexibility index (Phi) is 6.66. The molecule has 2 aliphatic rings. The Balaban J connectivity index is 1.62. The monoisotopic (exact) mass is 506 g/mol. The number of amides is 1. The third kappa shape index (κ3) is 5.06. The molecule has 1 amide bonds. The maximum Gasteiger partial charge on any atom is 0.264 e. The van der Waals surface area contributed by atoms with E-state index in [0.29, 0.717) is 5.69 Å². The minimum absolute atomic E-state index is 0.0350. The van der Waals surface area contributed by atoms with Crippen LogP contribution in [0.25, 0.3) is 11.3 Å². The molecule has 5 rings (SSSR count). The van der Waals surface area contributed by atoms with E-state index in [1.165, 1.54) is 18.6 Å². The Hall–Kier alpha value is -3.46. The summed E-state index contributed by atoms with van der Waals surface area (Å²) in [6.45, 7) is 4.19. The van der Waals surface area contributed by atoms with Gasteiger partial charge in [0.1, 0.15) is 6.61 Å². The minimum atomic E-state index is -4.05. The molecular weight excluding hydrogens is 476 g/mol. The fourth-order valence-corrected chi connectivity index (χ4v) is 6.12. The summed E-state index contributed by atoms with van der Waals surface area (Å²) >= 11 is 0. The molecule has 0 radical (unpaired) electrons. The Morgan fingerprint density at radius 1 is 0.944 bits per heavy atom. The number of carbonyl (C=O) groups excluding carboxylic acids is 1. The van der Waals surface area contributed by atoms with Gasteiger partial charge in [0.05, 0.1) is 16.6 Å². The summed E-state index contributed by atoms with van der Waals surface area (Å²) in [7, 11) is -4.05. The molecule has 0 spiro atoms. The van der Waals surface area contributed by atoms with Crippen molar-refractivity contribution in [2.24, 2.45) is 5.92 Å². The fourth-order valence-electron chi connectivity index (χ4n) is 5.13. The second-order valence-corrected chi connectivity index (χ2v) is 11.3. The normalized spacial score (nSPS) is 20.1. The van der Waals surface area contributed by atoms with E-state index in [2.05, 4.69) is 20.0 Å². The highest BCUT2D eigenvalue weighted by Gasteiger charge is 2.28. The van der Waals surface area contributed by atoms with Gasteiger partial charge >= 0.3 is 0 Å². The number of hydrogen-bond donors (Lipinski definition) is 2. The zero-order valence-electron chi connectivity index (χ0n) is 20.5. The zero-order valence-corrected chi connectivity index (χ0v) is 21.3. The van der Waals surface area contributed by atoms with Gasteiger partial charge in [-0.15, -0.1) is 0 Å². The third-order valence-corrected chi connectivity index (χ3v) is 8.34. The van der Waals surface area contributed by atoms with Crippen molar-refractivity contribution >= 4 is 21.9 Å². The molecule has 0 unspecified atom stereocenters. The maximum atomic E-state index is 13.2. The molecule has 9 heteroatoms. The van der Waals surface area contributed by atoms with Crippen LogP contribution in [0.3, 0.4) is 0 Å². The number of benzene rings is 2. The van der Waals surface area contributed by atoms with Gasteiger partial charge in [0.25, 0.3) is 15.9 Å². The number of fused-ring (bicyclic) bond motifs is 4. The number of nitrogens with zero attached hydrogens (tertiary/aromatic N) is 2. The molecule has 8 nitrogen and oxygen atoms in total. The second-order valence-electron chi connectivity index (χ2n) is 9.60. The molecule has 1 fully saturated rings. The Morgan fingerprint density at radius 2 is 1.67 bits per heavy atom. The summed E-state index contributed by atoms with van der Waals surface area (Å²) in [6, 6.07) is 13.4. The molecule has 36 heavy (non-hydrogen) atoms. The molecule has 1 atom stereocenters. The first-order valence-corrected chi connectivity index (χ1v) is 13.8. The number of rotatable bonds is 2. The first kappa shape index (κ1) is 24.2. The maximum absolute atomic E-state index is 13.2. The highest BCUT2D eigenvalue weighted by atomic mass is 32.2. The average Bonchev–Trinajstić information content (AvgIpc) is 2.86. The summed E-state index contributed by atoms with van der Waals surface area (Å²) in [5.74, 6) is 0.126. The lowest BCUT2D eigenvalue weighted by Crippen LogP contribution is -2.45. The molecule has 2 aromatic carbocycles. The number of aryl methyl sites for hydroxylation is 2. The standard InChI is InChI=1S/C27H30N4O4S/c1-17-8-6-9-18(2)25(17)22-15-24-30-27(29-22)31-36(33,34)21-13-7-12-20(14-21)26(32)28-23(16-35-24)19-10-4-3-5-11-19/h6-9,12-15,19,23H,3-5,10-11,16H2,1-2H3,(H,28,32)(H,29,30,31)/t23-/m0/s1. The van der Waals surface area contributed by atoms with E-state index >= 15 is 0 Å². The number of aromatic nitrogens is 2. The predicted molar refractivity (Wildman–Crippen MR) is 138 cm³/mol. The SMILES string of the molecule is Cc1cccc(C)c1-c1cc2nc(n1)NS(=O)(=O)c1cccc(c1)C(=O)N[C@H](C1CCCCC1)CO2. The van der Waals surface area contributed by atoms with Crippen molar-refractivity contribution in [1.29, 1.82) is 0 Å². The van der Waals surface area contributed by atoms with E-state index in [9.17, 15) is 13.2 Å². The summed E-state index contributed by atoms with van der Waals surface area (Å²) in [5.41, 5.74) is 3.75. The molecule has 1 aliphatic heterocycles. The van der Waals surface area contributed by atoms with Gasteiger partial charge in [-0.25, -0.2) is 18.1 Å². The summed E-state index contributed by atoms with van der Waals surface area (Å²) in [5, 5.41) is 3.11. The van der Waals surface area contributed by atoms with Crippen LogP contribution in [0.2, 0.25) is 0 Å². The van der Waals surface area contributed by atoms with Crippen LogP contribution >= 0.6 is 0 Å². The number of sulfonamides is 1. The van der Waals surface area contributed by atoms with Crippen molar-refractivity contribution in [3.05, 3.63) is 65.2 Å². The van der Waals surface area contributed by atoms with Gasteiger partial charge < -0.3 is 10.1 Å². The quantitative estimate of drug-likeness (QED) is 0.524. The van der Waals surface area contributed by atoms with Crippen LogP contribution in [-0.4, -0.2) is 36.9 Å². The summed E-state index contributed by atoms with van der Waals surface area (Å²) in [4.78, 5) is 22.0. The van der Waals surface area contributed by atoms with Crippen molar-refractivity contribution in [1.82, 2.24) is 15.3 Å². The van der Waals surface area contributed by atoms with Crippen molar-refractivity contribution in [2.45, 2.75) is 56.9 Å². The number of ether oxygens (including phenoxy) is 1. The van der Waals surface area contributed by atoms with Gasteiger partial charge in [-0.3, -0.25) is 4.79 Å². The molecule has 188 valence electrons. The van der Waals surface area contributed by atoms with Gasteiger partial charge in [0.15, 0.2) is 0 Å². The molecule has 1 aliphatic carbocycles. The molecule has 1 saturated carbocycles. The molecule has 2 N–H and O–H groups in total. The Bertz CT molecular complexity index is 1380. The van der Waals surface area contributed by atoms with Crippen LogP contribution in [0, 0.1) is 19.8 Å². The van der Waals surface area contributed by atoms with Crippen LogP contribution in [-0.2, 0) is 10.0 Å². The Labute approximate surface area is 211 Å². The van der Waals surface area contributed by atoms with Gasteiger partial charge in [-0.2, -0.15) is 4.98 Å². The molecular formula is C27H30N4O4S. The minimum Gasteiger partial charge on any atom is -0.475 e. The van der Waals surface area contributed by atoms with Gasteiger partial charge in [0, 0.05) is 17.2 Å². The van der Waals surface area contributed by atoms with Gasteiger partial charge in [-0.1, -0.05) is 43.5 Å². The first-order chi connectivity index (χ1) is 17.3. The van der Waals surface area contributed by atoms with Gasteiger partial charge in [0.2, 0.25) is 11.8 Å². The van der Waals surface area contributed by atoms with Crippen LogP contribution in [0.1, 0.15) is 53.6 Å². The van der Waals surface area contributed by atoms with Crippen molar-refractivity contribution in [3.63, 3.8) is 0 Å². The summed E-state index contributed by atoms with van der Waals surface area (Å²) in [6.07, 6.45) is 5.43. The second kappa shape index (κ2) is 9.89. The Morgan fingerprint density at radius 3 is 2.42 bits per heavy atom. The van der Waals surface area contributed by atoms with Crippen LogP contribution in [0.4, 0.5) is 5.95 Å². The summed E-state index contributed by atoms with van der Waals surface area (Å²) < 4.78 is 35.0. The van der Waals surface area contributed by atoms with Crippen LogP contribution in [0.15, 0.2) is 53.4 Å². The van der Waals surface area contributed by atoms with Crippen LogP contribution < -0.4 is 14.8 Å². The fraction of sp³-hybridized carbons (Fsp3) is 0.370. The van der Waals surface area contributed by atoms with Gasteiger partial charge in [-0.05, 0) is 61.9 Å². The van der Waals surface area contributed by atoms with E-state index in [1.54, 1.807) is 18.2 Å². The molecule has 4 bridgehead atoms.